The Bertz CT molecular complexity index is 818. The number of esters is 2. The predicted molar refractivity (Wildman–Crippen MR) is 89.5 cm³/mol. The van der Waals surface area contributed by atoms with Crippen LogP contribution >= 0.6 is 0 Å². The quantitative estimate of drug-likeness (QED) is 0.364. The van der Waals surface area contributed by atoms with Crippen LogP contribution in [0.2, 0.25) is 0 Å². The molecular weight excluding hydrogens is 312 g/mol. The van der Waals surface area contributed by atoms with Gasteiger partial charge in [0.05, 0.1) is 13.2 Å². The lowest BCUT2D eigenvalue weighted by Gasteiger charge is -2.08. The van der Waals surface area contributed by atoms with Crippen molar-refractivity contribution in [2.24, 2.45) is 0 Å². The van der Waals surface area contributed by atoms with Crippen LogP contribution in [0, 0.1) is 0 Å². The smallest absolute Gasteiger partial charge is 0.347 e. The lowest BCUT2D eigenvalue weighted by atomic mass is 10.2. The van der Waals surface area contributed by atoms with Crippen LogP contribution in [0.25, 0.3) is 10.8 Å². The summed E-state index contributed by atoms with van der Waals surface area (Å²) in [6, 6.07) is 8.77. The molecule has 0 aliphatic rings. The minimum absolute atomic E-state index is 0.127. The van der Waals surface area contributed by atoms with E-state index in [1.807, 2.05) is 6.07 Å². The van der Waals surface area contributed by atoms with E-state index in [0.29, 0.717) is 11.2 Å². The molecule has 0 unspecified atom stereocenters. The molecule has 7 nitrogen and oxygen atoms in total. The summed E-state index contributed by atoms with van der Waals surface area (Å²) >= 11 is 0. The van der Waals surface area contributed by atoms with Crippen molar-refractivity contribution in [2.45, 2.75) is 13.8 Å². The molecule has 0 bridgehead atoms. The number of carbonyl (C=O) groups excluding carboxylic acids is 2. The van der Waals surface area contributed by atoms with Crippen LogP contribution in [0.15, 0.2) is 46.9 Å². The van der Waals surface area contributed by atoms with Gasteiger partial charge in [-0.3, -0.25) is 4.79 Å². The maximum absolute atomic E-state index is 12.0. The van der Waals surface area contributed by atoms with E-state index in [-0.39, 0.29) is 24.3 Å². The Kier molecular flexibility index (Phi) is 5.73. The molecule has 24 heavy (non-hydrogen) atoms. The predicted octanol–water partition coefficient (Wildman–Crippen LogP) is 1.95. The minimum Gasteiger partial charge on any atom is -0.462 e. The van der Waals surface area contributed by atoms with Crippen LogP contribution in [-0.4, -0.2) is 30.1 Å². The summed E-state index contributed by atoms with van der Waals surface area (Å²) in [6.07, 6.45) is 1.16. The van der Waals surface area contributed by atoms with Gasteiger partial charge >= 0.3 is 11.9 Å². The van der Waals surface area contributed by atoms with Gasteiger partial charge in [0.15, 0.2) is 5.57 Å². The Hall–Kier alpha value is -3.09. The van der Waals surface area contributed by atoms with Gasteiger partial charge in [0.2, 0.25) is 0 Å². The van der Waals surface area contributed by atoms with Crippen molar-refractivity contribution in [3.8, 4) is 0 Å². The van der Waals surface area contributed by atoms with E-state index < -0.39 is 11.9 Å². The van der Waals surface area contributed by atoms with E-state index in [1.54, 1.807) is 38.1 Å². The molecule has 0 aliphatic heterocycles. The summed E-state index contributed by atoms with van der Waals surface area (Å²) in [6.45, 7) is 3.52. The SMILES string of the molecule is CCOC(=O)C(=CNc1cc2ccccc2c(=O)[nH]1)C(=O)OCC. The van der Waals surface area contributed by atoms with Crippen LogP contribution < -0.4 is 10.9 Å². The van der Waals surface area contributed by atoms with E-state index in [1.165, 1.54) is 0 Å². The summed E-state index contributed by atoms with van der Waals surface area (Å²) in [7, 11) is 0. The zero-order chi connectivity index (χ0) is 17.5. The van der Waals surface area contributed by atoms with E-state index >= 15 is 0 Å². The van der Waals surface area contributed by atoms with Gasteiger partial charge in [-0.15, -0.1) is 0 Å². The fraction of sp³-hybridized carbons (Fsp3) is 0.235. The largest absolute Gasteiger partial charge is 0.462 e. The van der Waals surface area contributed by atoms with Crippen molar-refractivity contribution < 1.29 is 19.1 Å². The molecule has 2 N–H and O–H groups in total. The third kappa shape index (κ3) is 4.01. The Morgan fingerprint density at radius 2 is 1.75 bits per heavy atom. The molecule has 2 aromatic rings. The number of fused-ring (bicyclic) bond motifs is 1. The monoisotopic (exact) mass is 330 g/mol. The first-order valence-electron chi connectivity index (χ1n) is 7.49. The molecule has 0 radical (unpaired) electrons. The summed E-state index contributed by atoms with van der Waals surface area (Å²) in [5.41, 5.74) is -0.564. The second kappa shape index (κ2) is 7.96. The number of rotatable bonds is 6. The van der Waals surface area contributed by atoms with Crippen molar-refractivity contribution >= 4 is 28.5 Å². The Balaban J connectivity index is 2.32. The summed E-state index contributed by atoms with van der Waals surface area (Å²) in [5.74, 6) is -1.26. The maximum Gasteiger partial charge on any atom is 0.347 e. The highest BCUT2D eigenvalue weighted by molar-refractivity contribution is 6.14. The number of aromatic amines is 1. The molecule has 2 rings (SSSR count). The molecule has 1 aromatic carbocycles. The third-order valence-electron chi connectivity index (χ3n) is 3.12. The van der Waals surface area contributed by atoms with Crippen molar-refractivity contribution in [1.29, 1.82) is 0 Å². The molecule has 0 amide bonds. The Morgan fingerprint density at radius 3 is 2.38 bits per heavy atom. The molecule has 1 heterocycles. The zero-order valence-electron chi connectivity index (χ0n) is 13.4. The number of pyridine rings is 1. The van der Waals surface area contributed by atoms with Gasteiger partial charge < -0.3 is 19.8 Å². The number of aromatic nitrogens is 1. The zero-order valence-corrected chi connectivity index (χ0v) is 13.4. The molecule has 0 atom stereocenters. The van der Waals surface area contributed by atoms with Gasteiger partial charge in [-0.25, -0.2) is 9.59 Å². The lowest BCUT2D eigenvalue weighted by Crippen LogP contribution is -2.20. The number of nitrogens with one attached hydrogen (secondary N) is 2. The second-order valence-corrected chi connectivity index (χ2v) is 4.74. The molecule has 0 saturated heterocycles. The first kappa shape index (κ1) is 17.3. The van der Waals surface area contributed by atoms with E-state index in [0.717, 1.165) is 11.6 Å². The fourth-order valence-electron chi connectivity index (χ4n) is 2.06. The third-order valence-corrected chi connectivity index (χ3v) is 3.12. The standard InChI is InChI=1S/C17H18N2O5/c1-3-23-16(21)13(17(22)24-4-2)10-18-14-9-11-7-5-6-8-12(11)15(20)19-14/h5-10H,3-4H2,1-2H3,(H2,18,19,20). The van der Waals surface area contributed by atoms with Gasteiger partial charge in [0, 0.05) is 11.6 Å². The highest BCUT2D eigenvalue weighted by Gasteiger charge is 2.20. The molecular formula is C17H18N2O5. The highest BCUT2D eigenvalue weighted by Crippen LogP contribution is 2.13. The number of carbonyl (C=O) groups is 2. The topological polar surface area (TPSA) is 97.5 Å². The van der Waals surface area contributed by atoms with Crippen LogP contribution in [0.1, 0.15) is 13.8 Å². The van der Waals surface area contributed by atoms with Crippen LogP contribution in [0.4, 0.5) is 5.82 Å². The van der Waals surface area contributed by atoms with Crippen molar-refractivity contribution in [3.63, 3.8) is 0 Å². The Labute approximate surface area is 138 Å². The van der Waals surface area contributed by atoms with Crippen LogP contribution in [0.5, 0.6) is 0 Å². The van der Waals surface area contributed by atoms with E-state index in [9.17, 15) is 14.4 Å². The molecule has 1 aromatic heterocycles. The van der Waals surface area contributed by atoms with E-state index in [2.05, 4.69) is 10.3 Å². The number of H-pyrrole nitrogens is 1. The average Bonchev–Trinajstić information content (AvgIpc) is 2.55. The second-order valence-electron chi connectivity index (χ2n) is 4.74. The fourth-order valence-corrected chi connectivity index (χ4v) is 2.06. The van der Waals surface area contributed by atoms with Gasteiger partial charge in [0.25, 0.3) is 5.56 Å². The summed E-state index contributed by atoms with van der Waals surface area (Å²) in [5, 5.41) is 4.01. The maximum atomic E-state index is 12.0. The molecule has 0 spiro atoms. The average molecular weight is 330 g/mol. The van der Waals surface area contributed by atoms with Crippen molar-refractivity contribution in [3.05, 3.63) is 52.5 Å². The molecule has 126 valence electrons. The lowest BCUT2D eigenvalue weighted by molar-refractivity contribution is -0.146. The summed E-state index contributed by atoms with van der Waals surface area (Å²) in [4.78, 5) is 38.4. The normalized spacial score (nSPS) is 10.1. The summed E-state index contributed by atoms with van der Waals surface area (Å²) < 4.78 is 9.67. The first-order valence-corrected chi connectivity index (χ1v) is 7.49. The highest BCUT2D eigenvalue weighted by atomic mass is 16.6. The number of hydrogen-bond donors (Lipinski definition) is 2. The molecule has 0 fully saturated rings. The van der Waals surface area contributed by atoms with Gasteiger partial charge in [-0.05, 0) is 31.4 Å². The van der Waals surface area contributed by atoms with Gasteiger partial charge in [0.1, 0.15) is 5.82 Å². The number of hydrogen-bond acceptors (Lipinski definition) is 6. The van der Waals surface area contributed by atoms with Gasteiger partial charge in [-0.2, -0.15) is 0 Å². The Morgan fingerprint density at radius 1 is 1.12 bits per heavy atom. The van der Waals surface area contributed by atoms with Gasteiger partial charge in [-0.1, -0.05) is 18.2 Å². The molecule has 7 heteroatoms. The molecule has 0 aliphatic carbocycles. The van der Waals surface area contributed by atoms with E-state index in [4.69, 9.17) is 9.47 Å². The van der Waals surface area contributed by atoms with Crippen molar-refractivity contribution in [1.82, 2.24) is 4.98 Å². The number of ether oxygens (including phenoxy) is 2. The number of anilines is 1. The van der Waals surface area contributed by atoms with Crippen LogP contribution in [0.3, 0.4) is 0 Å². The minimum atomic E-state index is -0.799. The number of benzene rings is 1. The molecule has 0 saturated carbocycles. The first-order chi connectivity index (χ1) is 11.6. The van der Waals surface area contributed by atoms with Crippen LogP contribution in [-0.2, 0) is 19.1 Å². The van der Waals surface area contributed by atoms with Crippen molar-refractivity contribution in [2.75, 3.05) is 18.5 Å².